The molecule has 9 nitrogen and oxygen atoms in total. The quantitative estimate of drug-likeness (QED) is 0.780. The topological polar surface area (TPSA) is 99.0 Å². The molecule has 1 aromatic carbocycles. The Bertz CT molecular complexity index is 809. The highest BCUT2D eigenvalue weighted by Gasteiger charge is 2.24. The molecule has 2 aliphatic heterocycles. The van der Waals surface area contributed by atoms with E-state index in [-0.39, 0.29) is 25.2 Å². The molecule has 27 heavy (non-hydrogen) atoms. The predicted octanol–water partition coefficient (Wildman–Crippen LogP) is 1.59. The van der Waals surface area contributed by atoms with Gasteiger partial charge in [0, 0.05) is 18.7 Å². The molecule has 1 N–H and O–H groups in total. The summed E-state index contributed by atoms with van der Waals surface area (Å²) in [5.41, 5.74) is 0. The molecule has 1 fully saturated rings. The molecule has 4 rings (SSSR count). The minimum absolute atomic E-state index is 0.0552. The SMILES string of the molecule is CCN1CCC[C@H]1CNC(=O)c1nc(COc2ccc3c(c2)OCO3)no1. The minimum Gasteiger partial charge on any atom is -0.485 e. The van der Waals surface area contributed by atoms with Crippen molar-refractivity contribution < 1.29 is 23.5 Å². The number of hydrogen-bond acceptors (Lipinski definition) is 8. The lowest BCUT2D eigenvalue weighted by Crippen LogP contribution is -2.40. The number of likely N-dealkylation sites (N-methyl/N-ethyl adjacent to an activating group) is 1. The summed E-state index contributed by atoms with van der Waals surface area (Å²) in [7, 11) is 0. The van der Waals surface area contributed by atoms with Gasteiger partial charge in [-0.1, -0.05) is 12.1 Å². The van der Waals surface area contributed by atoms with E-state index < -0.39 is 0 Å². The molecule has 9 heteroatoms. The van der Waals surface area contributed by atoms with Crippen LogP contribution < -0.4 is 19.5 Å². The first-order chi connectivity index (χ1) is 13.2. The standard InChI is InChI=1S/C18H22N4O5/c1-2-22-7-3-4-12(22)9-19-17(23)18-20-16(21-27-18)10-24-13-5-6-14-15(8-13)26-11-25-14/h5-6,8,12H,2-4,7,9-11H2,1H3,(H,19,23)/t12-/m0/s1. The monoisotopic (exact) mass is 374 g/mol. The third-order valence-corrected chi connectivity index (χ3v) is 4.78. The zero-order valence-corrected chi connectivity index (χ0v) is 15.1. The highest BCUT2D eigenvalue weighted by molar-refractivity contribution is 5.89. The fourth-order valence-electron chi connectivity index (χ4n) is 3.35. The van der Waals surface area contributed by atoms with Crippen LogP contribution in [0.15, 0.2) is 22.7 Å². The highest BCUT2D eigenvalue weighted by Crippen LogP contribution is 2.35. The average molecular weight is 374 g/mol. The Morgan fingerprint density at radius 2 is 2.26 bits per heavy atom. The second-order valence-corrected chi connectivity index (χ2v) is 6.45. The van der Waals surface area contributed by atoms with Gasteiger partial charge in [-0.15, -0.1) is 0 Å². The Labute approximate surface area is 156 Å². The second-order valence-electron chi connectivity index (χ2n) is 6.45. The first-order valence-corrected chi connectivity index (χ1v) is 9.10. The van der Waals surface area contributed by atoms with Gasteiger partial charge in [0.2, 0.25) is 12.6 Å². The third kappa shape index (κ3) is 3.97. The molecule has 0 bridgehead atoms. The first kappa shape index (κ1) is 17.6. The molecule has 0 spiro atoms. The molecule has 0 unspecified atom stereocenters. The number of amides is 1. The molecule has 0 aliphatic carbocycles. The number of aromatic nitrogens is 2. The maximum atomic E-state index is 12.2. The molecule has 1 aromatic heterocycles. The van der Waals surface area contributed by atoms with Crippen LogP contribution >= 0.6 is 0 Å². The van der Waals surface area contributed by atoms with E-state index in [0.717, 1.165) is 25.9 Å². The van der Waals surface area contributed by atoms with Gasteiger partial charge in [0.15, 0.2) is 18.1 Å². The van der Waals surface area contributed by atoms with E-state index >= 15 is 0 Å². The lowest BCUT2D eigenvalue weighted by molar-refractivity contribution is 0.0897. The smallest absolute Gasteiger partial charge is 0.316 e. The van der Waals surface area contributed by atoms with Crippen LogP contribution in [0.5, 0.6) is 17.2 Å². The van der Waals surface area contributed by atoms with Crippen molar-refractivity contribution in [2.75, 3.05) is 26.4 Å². The van der Waals surface area contributed by atoms with Gasteiger partial charge in [-0.05, 0) is 38.1 Å². The highest BCUT2D eigenvalue weighted by atomic mass is 16.7. The summed E-state index contributed by atoms with van der Waals surface area (Å²) in [6.45, 7) is 5.08. The molecule has 1 saturated heterocycles. The third-order valence-electron chi connectivity index (χ3n) is 4.78. The van der Waals surface area contributed by atoms with Gasteiger partial charge in [-0.3, -0.25) is 9.69 Å². The molecule has 2 aromatic rings. The largest absolute Gasteiger partial charge is 0.485 e. The van der Waals surface area contributed by atoms with Crippen LogP contribution in [0, 0.1) is 0 Å². The number of fused-ring (bicyclic) bond motifs is 1. The van der Waals surface area contributed by atoms with Gasteiger partial charge in [0.25, 0.3) is 0 Å². The summed E-state index contributed by atoms with van der Waals surface area (Å²) >= 11 is 0. The fraction of sp³-hybridized carbons (Fsp3) is 0.500. The molecule has 0 radical (unpaired) electrons. The lowest BCUT2D eigenvalue weighted by atomic mass is 10.2. The molecule has 144 valence electrons. The number of nitrogens with one attached hydrogen (secondary N) is 1. The maximum Gasteiger partial charge on any atom is 0.316 e. The summed E-state index contributed by atoms with van der Waals surface area (Å²) in [6.07, 6.45) is 2.25. The second kappa shape index (κ2) is 7.83. The summed E-state index contributed by atoms with van der Waals surface area (Å²) < 4.78 is 21.2. The van der Waals surface area contributed by atoms with E-state index in [0.29, 0.717) is 35.7 Å². The van der Waals surface area contributed by atoms with Gasteiger partial charge in [0.1, 0.15) is 5.75 Å². The van der Waals surface area contributed by atoms with Crippen LogP contribution in [0.2, 0.25) is 0 Å². The number of nitrogens with zero attached hydrogens (tertiary/aromatic N) is 3. The summed E-state index contributed by atoms with van der Waals surface area (Å²) in [6, 6.07) is 5.64. The average Bonchev–Trinajstić information content (AvgIpc) is 3.44. The van der Waals surface area contributed by atoms with Crippen molar-refractivity contribution in [2.45, 2.75) is 32.4 Å². The Hall–Kier alpha value is -2.81. The lowest BCUT2D eigenvalue weighted by Gasteiger charge is -2.22. The summed E-state index contributed by atoms with van der Waals surface area (Å²) in [5.74, 6) is 1.79. The van der Waals surface area contributed by atoms with Crippen molar-refractivity contribution in [1.29, 1.82) is 0 Å². The minimum atomic E-state index is -0.361. The molecular weight excluding hydrogens is 352 g/mol. The zero-order chi connectivity index (χ0) is 18.6. The van der Waals surface area contributed by atoms with Gasteiger partial charge < -0.3 is 24.1 Å². The number of benzene rings is 1. The first-order valence-electron chi connectivity index (χ1n) is 9.10. The molecule has 0 saturated carbocycles. The summed E-state index contributed by atoms with van der Waals surface area (Å²) in [5, 5.41) is 6.67. The molecular formula is C18H22N4O5. The van der Waals surface area contributed by atoms with Crippen molar-refractivity contribution in [3.05, 3.63) is 29.9 Å². The van der Waals surface area contributed by atoms with E-state index in [1.807, 2.05) is 0 Å². The number of ether oxygens (including phenoxy) is 3. The van der Waals surface area contributed by atoms with Crippen molar-refractivity contribution in [3.8, 4) is 17.2 Å². The summed E-state index contributed by atoms with van der Waals surface area (Å²) in [4.78, 5) is 18.7. The van der Waals surface area contributed by atoms with E-state index in [2.05, 4.69) is 27.3 Å². The van der Waals surface area contributed by atoms with Crippen LogP contribution in [0.25, 0.3) is 0 Å². The number of carbonyl (C=O) groups is 1. The fourth-order valence-corrected chi connectivity index (χ4v) is 3.35. The molecule has 3 heterocycles. The van der Waals surface area contributed by atoms with E-state index in [4.69, 9.17) is 18.7 Å². The van der Waals surface area contributed by atoms with Crippen LogP contribution in [0.4, 0.5) is 0 Å². The van der Waals surface area contributed by atoms with Crippen LogP contribution in [-0.2, 0) is 6.61 Å². The van der Waals surface area contributed by atoms with Crippen molar-refractivity contribution in [1.82, 2.24) is 20.4 Å². The van der Waals surface area contributed by atoms with E-state index in [9.17, 15) is 4.79 Å². The Kier molecular flexibility index (Phi) is 5.10. The van der Waals surface area contributed by atoms with Gasteiger partial charge in [-0.25, -0.2) is 0 Å². The van der Waals surface area contributed by atoms with E-state index in [1.54, 1.807) is 18.2 Å². The van der Waals surface area contributed by atoms with Crippen LogP contribution in [0.1, 0.15) is 36.3 Å². The molecule has 1 atom stereocenters. The predicted molar refractivity (Wildman–Crippen MR) is 93.8 cm³/mol. The maximum absolute atomic E-state index is 12.2. The van der Waals surface area contributed by atoms with Gasteiger partial charge in [0.05, 0.1) is 0 Å². The normalized spacial score (nSPS) is 18.6. The van der Waals surface area contributed by atoms with E-state index in [1.165, 1.54) is 0 Å². The number of carbonyl (C=O) groups excluding carboxylic acids is 1. The van der Waals surface area contributed by atoms with Gasteiger partial charge >= 0.3 is 11.8 Å². The number of hydrogen-bond donors (Lipinski definition) is 1. The number of rotatable bonds is 7. The van der Waals surface area contributed by atoms with Crippen molar-refractivity contribution in [2.24, 2.45) is 0 Å². The van der Waals surface area contributed by atoms with Crippen LogP contribution in [0.3, 0.4) is 0 Å². The van der Waals surface area contributed by atoms with Gasteiger partial charge in [-0.2, -0.15) is 4.98 Å². The zero-order valence-electron chi connectivity index (χ0n) is 15.1. The molecule has 2 aliphatic rings. The van der Waals surface area contributed by atoms with Crippen molar-refractivity contribution >= 4 is 5.91 Å². The Balaban J connectivity index is 1.28. The van der Waals surface area contributed by atoms with Crippen LogP contribution in [-0.4, -0.2) is 53.4 Å². The molecule has 1 amide bonds. The van der Waals surface area contributed by atoms with Crippen molar-refractivity contribution in [3.63, 3.8) is 0 Å². The number of likely N-dealkylation sites (tertiary alicyclic amines) is 1. The Morgan fingerprint density at radius 1 is 1.37 bits per heavy atom. The Morgan fingerprint density at radius 3 is 3.15 bits per heavy atom.